The fourth-order valence-electron chi connectivity index (χ4n) is 3.33. The van der Waals surface area contributed by atoms with Crippen LogP contribution in [0.2, 0.25) is 0 Å². The summed E-state index contributed by atoms with van der Waals surface area (Å²) in [5, 5.41) is 0. The molecule has 1 fully saturated rings. The summed E-state index contributed by atoms with van der Waals surface area (Å²) in [6.07, 6.45) is 7.90. The monoisotopic (exact) mass is 240 g/mol. The molecule has 0 aliphatic carbocycles. The van der Waals surface area contributed by atoms with Gasteiger partial charge in [-0.15, -0.1) is 0 Å². The molecule has 0 saturated carbocycles. The Balaban J connectivity index is 2.58. The van der Waals surface area contributed by atoms with E-state index in [2.05, 4.69) is 32.6 Å². The highest BCUT2D eigenvalue weighted by Gasteiger charge is 2.35. The van der Waals surface area contributed by atoms with Crippen molar-refractivity contribution in [1.82, 2.24) is 4.90 Å². The van der Waals surface area contributed by atoms with E-state index in [0.717, 1.165) is 12.5 Å². The van der Waals surface area contributed by atoms with Crippen molar-refractivity contribution in [3.05, 3.63) is 0 Å². The molecule has 3 unspecified atom stereocenters. The van der Waals surface area contributed by atoms with Gasteiger partial charge in [0.15, 0.2) is 0 Å². The first-order chi connectivity index (χ1) is 8.03. The van der Waals surface area contributed by atoms with E-state index in [0.29, 0.717) is 6.04 Å². The minimum Gasteiger partial charge on any atom is -0.329 e. The molecule has 2 nitrogen and oxygen atoms in total. The average molecular weight is 240 g/mol. The van der Waals surface area contributed by atoms with Crippen LogP contribution in [0.4, 0.5) is 0 Å². The van der Waals surface area contributed by atoms with Crippen LogP contribution in [0.15, 0.2) is 0 Å². The first-order valence-electron chi connectivity index (χ1n) is 7.50. The largest absolute Gasteiger partial charge is 0.329 e. The minimum atomic E-state index is 0.231. The van der Waals surface area contributed by atoms with Crippen molar-refractivity contribution in [1.29, 1.82) is 0 Å². The van der Waals surface area contributed by atoms with E-state index in [-0.39, 0.29) is 5.54 Å². The lowest BCUT2D eigenvalue weighted by molar-refractivity contribution is 0.0189. The highest BCUT2D eigenvalue weighted by Crippen LogP contribution is 2.31. The lowest BCUT2D eigenvalue weighted by Gasteiger charge is -2.48. The third-order valence-corrected chi connectivity index (χ3v) is 4.59. The standard InChI is InChI=1S/C15H32N2/c1-5-6-7-9-15(4,12-16)17-10-8-13(2)11-14(17)3/h13-14H,5-12,16H2,1-4H3. The highest BCUT2D eigenvalue weighted by atomic mass is 15.2. The Kier molecular flexibility index (Phi) is 5.94. The lowest BCUT2D eigenvalue weighted by Crippen LogP contribution is -2.57. The fourth-order valence-corrected chi connectivity index (χ4v) is 3.33. The Morgan fingerprint density at radius 2 is 2.00 bits per heavy atom. The zero-order valence-electron chi connectivity index (χ0n) is 12.3. The Morgan fingerprint density at radius 1 is 1.29 bits per heavy atom. The molecule has 2 heteroatoms. The number of nitrogens with two attached hydrogens (primary N) is 1. The molecule has 0 aromatic rings. The molecule has 0 aromatic heterocycles. The predicted octanol–water partition coefficient (Wildman–Crippen LogP) is 3.40. The smallest absolute Gasteiger partial charge is 0.0306 e. The number of rotatable bonds is 6. The molecule has 17 heavy (non-hydrogen) atoms. The van der Waals surface area contributed by atoms with Crippen molar-refractivity contribution < 1.29 is 0 Å². The Hall–Kier alpha value is -0.0800. The Morgan fingerprint density at radius 3 is 2.53 bits per heavy atom. The van der Waals surface area contributed by atoms with Gasteiger partial charge < -0.3 is 5.73 Å². The second kappa shape index (κ2) is 6.75. The summed E-state index contributed by atoms with van der Waals surface area (Å²) >= 11 is 0. The van der Waals surface area contributed by atoms with E-state index in [9.17, 15) is 0 Å². The molecular formula is C15H32N2. The maximum absolute atomic E-state index is 6.08. The van der Waals surface area contributed by atoms with Crippen LogP contribution < -0.4 is 5.73 Å². The van der Waals surface area contributed by atoms with Gasteiger partial charge in [0, 0.05) is 18.1 Å². The van der Waals surface area contributed by atoms with Crippen LogP contribution in [0.5, 0.6) is 0 Å². The van der Waals surface area contributed by atoms with Gasteiger partial charge in [-0.2, -0.15) is 0 Å². The second-order valence-corrected chi connectivity index (χ2v) is 6.33. The van der Waals surface area contributed by atoms with Crippen LogP contribution in [0.3, 0.4) is 0 Å². The minimum absolute atomic E-state index is 0.231. The first-order valence-corrected chi connectivity index (χ1v) is 7.50. The quantitative estimate of drug-likeness (QED) is 0.721. The summed E-state index contributed by atoms with van der Waals surface area (Å²) in [5.41, 5.74) is 6.31. The van der Waals surface area contributed by atoms with E-state index in [4.69, 9.17) is 5.73 Å². The average Bonchev–Trinajstić information content (AvgIpc) is 2.29. The van der Waals surface area contributed by atoms with E-state index >= 15 is 0 Å². The van der Waals surface area contributed by atoms with Gasteiger partial charge >= 0.3 is 0 Å². The molecule has 0 bridgehead atoms. The third kappa shape index (κ3) is 3.96. The highest BCUT2D eigenvalue weighted by molar-refractivity contribution is 4.92. The topological polar surface area (TPSA) is 29.3 Å². The number of hydrogen-bond donors (Lipinski definition) is 1. The summed E-state index contributed by atoms with van der Waals surface area (Å²) in [6, 6.07) is 0.703. The van der Waals surface area contributed by atoms with E-state index < -0.39 is 0 Å². The molecule has 0 aromatic carbocycles. The van der Waals surface area contributed by atoms with Crippen molar-refractivity contribution in [2.75, 3.05) is 13.1 Å². The maximum Gasteiger partial charge on any atom is 0.0306 e. The first kappa shape index (κ1) is 15.0. The number of hydrogen-bond acceptors (Lipinski definition) is 2. The molecule has 3 atom stereocenters. The van der Waals surface area contributed by atoms with E-state index in [1.165, 1.54) is 45.1 Å². The van der Waals surface area contributed by atoms with Gasteiger partial charge in [-0.05, 0) is 45.6 Å². The zero-order valence-corrected chi connectivity index (χ0v) is 12.3. The summed E-state index contributed by atoms with van der Waals surface area (Å²) in [5.74, 6) is 0.888. The van der Waals surface area contributed by atoms with Gasteiger partial charge in [0.05, 0.1) is 0 Å². The van der Waals surface area contributed by atoms with Gasteiger partial charge in [-0.1, -0.05) is 33.1 Å². The lowest BCUT2D eigenvalue weighted by atomic mass is 9.85. The molecule has 102 valence electrons. The molecule has 0 spiro atoms. The van der Waals surface area contributed by atoms with Crippen LogP contribution in [-0.4, -0.2) is 29.6 Å². The molecule has 1 heterocycles. The molecule has 1 aliphatic rings. The molecule has 2 N–H and O–H groups in total. The number of unbranched alkanes of at least 4 members (excludes halogenated alkanes) is 2. The van der Waals surface area contributed by atoms with Crippen LogP contribution in [-0.2, 0) is 0 Å². The van der Waals surface area contributed by atoms with E-state index in [1.807, 2.05) is 0 Å². The van der Waals surface area contributed by atoms with Gasteiger partial charge in [-0.3, -0.25) is 4.90 Å². The number of piperidine rings is 1. The Bertz CT molecular complexity index is 217. The molecule has 1 aliphatic heterocycles. The van der Waals surface area contributed by atoms with Crippen LogP contribution in [0.25, 0.3) is 0 Å². The van der Waals surface area contributed by atoms with Gasteiger partial charge in [0.1, 0.15) is 0 Å². The van der Waals surface area contributed by atoms with E-state index in [1.54, 1.807) is 0 Å². The van der Waals surface area contributed by atoms with Crippen molar-refractivity contribution >= 4 is 0 Å². The molecule has 0 radical (unpaired) electrons. The van der Waals surface area contributed by atoms with Crippen molar-refractivity contribution in [2.24, 2.45) is 11.7 Å². The maximum atomic E-state index is 6.08. The van der Waals surface area contributed by atoms with Gasteiger partial charge in [0.2, 0.25) is 0 Å². The summed E-state index contributed by atoms with van der Waals surface area (Å²) in [7, 11) is 0. The summed E-state index contributed by atoms with van der Waals surface area (Å²) in [4.78, 5) is 2.68. The molecule has 1 saturated heterocycles. The van der Waals surface area contributed by atoms with Gasteiger partial charge in [0.25, 0.3) is 0 Å². The fraction of sp³-hybridized carbons (Fsp3) is 1.00. The van der Waals surface area contributed by atoms with Crippen molar-refractivity contribution in [2.45, 2.75) is 77.8 Å². The third-order valence-electron chi connectivity index (χ3n) is 4.59. The molecule has 0 amide bonds. The summed E-state index contributed by atoms with van der Waals surface area (Å²) < 4.78 is 0. The van der Waals surface area contributed by atoms with Crippen LogP contribution in [0.1, 0.15) is 66.2 Å². The van der Waals surface area contributed by atoms with Crippen LogP contribution >= 0.6 is 0 Å². The normalized spacial score (nSPS) is 30.2. The number of nitrogens with zero attached hydrogens (tertiary/aromatic N) is 1. The summed E-state index contributed by atoms with van der Waals surface area (Å²) in [6.45, 7) is 11.4. The number of likely N-dealkylation sites (tertiary alicyclic amines) is 1. The predicted molar refractivity (Wildman–Crippen MR) is 76.2 cm³/mol. The Labute approximate surface area is 108 Å². The van der Waals surface area contributed by atoms with Crippen molar-refractivity contribution in [3.63, 3.8) is 0 Å². The van der Waals surface area contributed by atoms with Crippen LogP contribution in [0, 0.1) is 5.92 Å². The zero-order chi connectivity index (χ0) is 12.9. The second-order valence-electron chi connectivity index (χ2n) is 6.33. The van der Waals surface area contributed by atoms with Gasteiger partial charge in [-0.25, -0.2) is 0 Å². The molecular weight excluding hydrogens is 208 g/mol. The SMILES string of the molecule is CCCCCC(C)(CN)N1CCC(C)CC1C. The molecule has 1 rings (SSSR count). The van der Waals surface area contributed by atoms with Crippen molar-refractivity contribution in [3.8, 4) is 0 Å².